The van der Waals surface area contributed by atoms with E-state index < -0.39 is 0 Å². The van der Waals surface area contributed by atoms with Crippen LogP contribution in [0.25, 0.3) is 0 Å². The van der Waals surface area contributed by atoms with Crippen molar-refractivity contribution in [3.05, 3.63) is 59.4 Å². The summed E-state index contributed by atoms with van der Waals surface area (Å²) in [6.07, 6.45) is 6.75. The number of aromatic nitrogens is 1. The standard InChI is InChI=1S/C24H30N4O2/c1-18-8-10-19(11-9-18)28-21(23-20(24(28)30)7-5-12-26-23)17-22(29)25-13-6-16-27-14-3-2-4-15-27/h5,7-12,21H,2-4,6,13-17H2,1H3,(H,25,29)/t21-/m1/s1. The smallest absolute Gasteiger partial charge is 0.260 e. The van der Waals surface area contributed by atoms with Gasteiger partial charge in [-0.1, -0.05) is 24.1 Å². The summed E-state index contributed by atoms with van der Waals surface area (Å²) in [7, 11) is 0. The van der Waals surface area contributed by atoms with Crippen molar-refractivity contribution in [2.45, 2.75) is 45.1 Å². The van der Waals surface area contributed by atoms with Crippen LogP contribution in [0.1, 0.15) is 59.8 Å². The van der Waals surface area contributed by atoms with E-state index in [1.165, 1.54) is 32.4 Å². The molecule has 1 aromatic carbocycles. The molecule has 2 amide bonds. The molecule has 1 atom stereocenters. The molecule has 2 aliphatic heterocycles. The number of amides is 2. The van der Waals surface area contributed by atoms with Crippen molar-refractivity contribution in [2.75, 3.05) is 31.1 Å². The van der Waals surface area contributed by atoms with Crippen LogP contribution < -0.4 is 10.2 Å². The molecule has 1 fully saturated rings. The lowest BCUT2D eigenvalue weighted by Crippen LogP contribution is -2.35. The molecule has 0 spiro atoms. The molecule has 2 aromatic rings. The maximum atomic E-state index is 13.1. The number of likely N-dealkylation sites (tertiary alicyclic amines) is 1. The van der Waals surface area contributed by atoms with Crippen LogP contribution in [0.4, 0.5) is 5.69 Å². The summed E-state index contributed by atoms with van der Waals surface area (Å²) in [6.45, 7) is 6.05. The number of benzene rings is 1. The highest BCUT2D eigenvalue weighted by molar-refractivity contribution is 6.11. The van der Waals surface area contributed by atoms with Gasteiger partial charge in [-0.05, 0) is 70.1 Å². The van der Waals surface area contributed by atoms with E-state index in [2.05, 4.69) is 15.2 Å². The molecule has 0 bridgehead atoms. The lowest BCUT2D eigenvalue weighted by atomic mass is 10.1. The molecule has 4 rings (SSSR count). The number of rotatable bonds is 7. The first kappa shape index (κ1) is 20.5. The predicted molar refractivity (Wildman–Crippen MR) is 118 cm³/mol. The molecule has 0 aliphatic carbocycles. The second-order valence-corrected chi connectivity index (χ2v) is 8.27. The molecule has 0 radical (unpaired) electrons. The Hall–Kier alpha value is -2.73. The molecule has 158 valence electrons. The van der Waals surface area contributed by atoms with Crippen molar-refractivity contribution in [1.82, 2.24) is 15.2 Å². The molecule has 0 saturated carbocycles. The topological polar surface area (TPSA) is 65.5 Å². The molecule has 3 heterocycles. The lowest BCUT2D eigenvalue weighted by molar-refractivity contribution is -0.121. The van der Waals surface area contributed by atoms with Crippen LogP contribution in [0.15, 0.2) is 42.6 Å². The van der Waals surface area contributed by atoms with E-state index >= 15 is 0 Å². The summed E-state index contributed by atoms with van der Waals surface area (Å²) in [5, 5.41) is 3.04. The minimum absolute atomic E-state index is 0.0398. The molecule has 30 heavy (non-hydrogen) atoms. The highest BCUT2D eigenvalue weighted by atomic mass is 16.2. The SMILES string of the molecule is Cc1ccc(N2C(=O)c3cccnc3[C@H]2CC(=O)NCCCN2CCCCC2)cc1. The van der Waals surface area contributed by atoms with Crippen molar-refractivity contribution in [1.29, 1.82) is 0 Å². The number of nitrogens with zero attached hydrogens (tertiary/aromatic N) is 3. The van der Waals surface area contributed by atoms with E-state index in [1.807, 2.05) is 31.2 Å². The normalized spacial score (nSPS) is 19.0. The van der Waals surface area contributed by atoms with Gasteiger partial charge in [-0.25, -0.2) is 0 Å². The van der Waals surface area contributed by atoms with Crippen molar-refractivity contribution in [2.24, 2.45) is 0 Å². The molecule has 1 saturated heterocycles. The van der Waals surface area contributed by atoms with Crippen LogP contribution in [-0.2, 0) is 4.79 Å². The van der Waals surface area contributed by atoms with Crippen molar-refractivity contribution in [3.8, 4) is 0 Å². The van der Waals surface area contributed by atoms with Crippen LogP contribution >= 0.6 is 0 Å². The summed E-state index contributed by atoms with van der Waals surface area (Å²) < 4.78 is 0. The number of pyridine rings is 1. The summed E-state index contributed by atoms with van der Waals surface area (Å²) >= 11 is 0. The summed E-state index contributed by atoms with van der Waals surface area (Å²) in [5.41, 5.74) is 3.20. The third kappa shape index (κ3) is 4.54. The van der Waals surface area contributed by atoms with E-state index in [-0.39, 0.29) is 24.3 Å². The molecule has 1 aromatic heterocycles. The van der Waals surface area contributed by atoms with Crippen LogP contribution in [0.5, 0.6) is 0 Å². The molecule has 6 nitrogen and oxygen atoms in total. The Morgan fingerprint density at radius 1 is 1.13 bits per heavy atom. The predicted octanol–water partition coefficient (Wildman–Crippen LogP) is 3.47. The fourth-order valence-corrected chi connectivity index (χ4v) is 4.41. The summed E-state index contributed by atoms with van der Waals surface area (Å²) in [6, 6.07) is 11.0. The second kappa shape index (κ2) is 9.39. The average molecular weight is 407 g/mol. The maximum Gasteiger partial charge on any atom is 0.260 e. The van der Waals surface area contributed by atoms with Gasteiger partial charge in [0.1, 0.15) is 0 Å². The third-order valence-corrected chi connectivity index (χ3v) is 6.03. The van der Waals surface area contributed by atoms with E-state index in [0.717, 1.165) is 24.2 Å². The van der Waals surface area contributed by atoms with Crippen LogP contribution in [-0.4, -0.2) is 47.9 Å². The minimum atomic E-state index is -0.376. The second-order valence-electron chi connectivity index (χ2n) is 8.27. The number of piperidine rings is 1. The Morgan fingerprint density at radius 2 is 1.90 bits per heavy atom. The van der Waals surface area contributed by atoms with Gasteiger partial charge in [0.2, 0.25) is 5.91 Å². The van der Waals surface area contributed by atoms with E-state index in [9.17, 15) is 9.59 Å². The zero-order valence-electron chi connectivity index (χ0n) is 17.6. The monoisotopic (exact) mass is 406 g/mol. The largest absolute Gasteiger partial charge is 0.356 e. The Labute approximate surface area is 178 Å². The van der Waals surface area contributed by atoms with Gasteiger partial charge in [0.25, 0.3) is 5.91 Å². The van der Waals surface area contributed by atoms with E-state index in [1.54, 1.807) is 23.2 Å². The Morgan fingerprint density at radius 3 is 2.67 bits per heavy atom. The van der Waals surface area contributed by atoms with Gasteiger partial charge in [-0.15, -0.1) is 0 Å². The number of hydrogen-bond acceptors (Lipinski definition) is 4. The Kier molecular flexibility index (Phi) is 6.43. The van der Waals surface area contributed by atoms with Gasteiger partial charge in [0.05, 0.1) is 23.7 Å². The number of fused-ring (bicyclic) bond motifs is 1. The van der Waals surface area contributed by atoms with E-state index in [0.29, 0.717) is 17.8 Å². The number of nitrogens with one attached hydrogen (secondary N) is 1. The van der Waals surface area contributed by atoms with Crippen LogP contribution in [0, 0.1) is 6.92 Å². The quantitative estimate of drug-likeness (QED) is 0.715. The fraction of sp³-hybridized carbons (Fsp3) is 0.458. The number of hydrogen-bond donors (Lipinski definition) is 1. The lowest BCUT2D eigenvalue weighted by Gasteiger charge is -2.26. The fourth-order valence-electron chi connectivity index (χ4n) is 4.41. The van der Waals surface area contributed by atoms with Gasteiger partial charge in [-0.3, -0.25) is 19.5 Å². The number of carbonyl (C=O) groups is 2. The number of aryl methyl sites for hydroxylation is 1. The van der Waals surface area contributed by atoms with Crippen molar-refractivity contribution >= 4 is 17.5 Å². The Balaban J connectivity index is 1.40. The number of carbonyl (C=O) groups excluding carboxylic acids is 2. The maximum absolute atomic E-state index is 13.1. The highest BCUT2D eigenvalue weighted by Gasteiger charge is 2.39. The average Bonchev–Trinajstić information content (AvgIpc) is 3.04. The van der Waals surface area contributed by atoms with E-state index in [4.69, 9.17) is 0 Å². The summed E-state index contributed by atoms with van der Waals surface area (Å²) in [4.78, 5) is 34.4. The van der Waals surface area contributed by atoms with Gasteiger partial charge in [0.15, 0.2) is 0 Å². The molecule has 1 N–H and O–H groups in total. The first-order valence-corrected chi connectivity index (χ1v) is 11.0. The zero-order valence-corrected chi connectivity index (χ0v) is 17.6. The minimum Gasteiger partial charge on any atom is -0.356 e. The molecular weight excluding hydrogens is 376 g/mol. The van der Waals surface area contributed by atoms with Crippen molar-refractivity contribution in [3.63, 3.8) is 0 Å². The summed E-state index contributed by atoms with van der Waals surface area (Å²) in [5.74, 6) is -0.132. The van der Waals surface area contributed by atoms with Gasteiger partial charge in [-0.2, -0.15) is 0 Å². The van der Waals surface area contributed by atoms with Crippen LogP contribution in [0.2, 0.25) is 0 Å². The number of anilines is 1. The zero-order chi connectivity index (χ0) is 20.9. The molecular formula is C24H30N4O2. The first-order chi connectivity index (χ1) is 14.6. The van der Waals surface area contributed by atoms with Gasteiger partial charge < -0.3 is 10.2 Å². The van der Waals surface area contributed by atoms with Gasteiger partial charge >= 0.3 is 0 Å². The van der Waals surface area contributed by atoms with Crippen LogP contribution in [0.3, 0.4) is 0 Å². The Bertz CT molecular complexity index is 890. The molecule has 0 unspecified atom stereocenters. The molecule has 2 aliphatic rings. The first-order valence-electron chi connectivity index (χ1n) is 11.0. The van der Waals surface area contributed by atoms with Crippen molar-refractivity contribution < 1.29 is 9.59 Å². The highest BCUT2D eigenvalue weighted by Crippen LogP contribution is 2.38. The molecule has 6 heteroatoms. The van der Waals surface area contributed by atoms with Gasteiger partial charge in [0, 0.05) is 18.4 Å². The third-order valence-electron chi connectivity index (χ3n) is 6.03.